The number of furan rings is 1. The fourth-order valence-corrected chi connectivity index (χ4v) is 2.91. The normalized spacial score (nSPS) is 13.7. The minimum absolute atomic E-state index is 0.169. The number of halogens is 1. The highest BCUT2D eigenvalue weighted by Crippen LogP contribution is 2.32. The van der Waals surface area contributed by atoms with E-state index in [1.54, 1.807) is 23.1 Å². The Labute approximate surface area is 125 Å². The molecule has 3 aromatic rings. The van der Waals surface area contributed by atoms with Gasteiger partial charge in [0.25, 0.3) is 5.91 Å². The fraction of sp³-hybridized carbons (Fsp3) is 0.125. The second-order valence-corrected chi connectivity index (χ2v) is 5.37. The number of hydrogen-bond donors (Lipinski definition) is 0. The number of anilines is 1. The predicted octanol–water partition coefficient (Wildman–Crippen LogP) is 3.68. The van der Waals surface area contributed by atoms with Crippen LogP contribution in [0.1, 0.15) is 16.1 Å². The summed E-state index contributed by atoms with van der Waals surface area (Å²) in [6.45, 7) is 0.607. The summed E-state index contributed by atoms with van der Waals surface area (Å²) in [6, 6.07) is 11.1. The van der Waals surface area contributed by atoms with Crippen LogP contribution in [-0.4, -0.2) is 17.4 Å². The largest absolute Gasteiger partial charge is 0.459 e. The first-order chi connectivity index (χ1) is 10.2. The van der Waals surface area contributed by atoms with Crippen molar-refractivity contribution in [1.29, 1.82) is 0 Å². The van der Waals surface area contributed by atoms with Crippen molar-refractivity contribution in [2.75, 3.05) is 11.4 Å². The minimum Gasteiger partial charge on any atom is -0.459 e. The Kier molecular flexibility index (Phi) is 2.72. The molecule has 0 atom stereocenters. The van der Waals surface area contributed by atoms with Gasteiger partial charge in [-0.15, -0.1) is 0 Å². The van der Waals surface area contributed by atoms with E-state index in [0.717, 1.165) is 22.9 Å². The smallest absolute Gasteiger partial charge is 0.295 e. The van der Waals surface area contributed by atoms with Crippen molar-refractivity contribution in [3.05, 3.63) is 59.0 Å². The van der Waals surface area contributed by atoms with E-state index in [1.165, 1.54) is 6.26 Å². The van der Waals surface area contributed by atoms with Crippen LogP contribution in [0.15, 0.2) is 47.1 Å². The maximum absolute atomic E-state index is 12.5. The molecule has 2 aromatic heterocycles. The Morgan fingerprint density at radius 2 is 2.19 bits per heavy atom. The van der Waals surface area contributed by atoms with Gasteiger partial charge in [-0.3, -0.25) is 9.69 Å². The zero-order valence-electron chi connectivity index (χ0n) is 11.0. The van der Waals surface area contributed by atoms with Crippen LogP contribution < -0.4 is 4.90 Å². The average molecular weight is 299 g/mol. The second-order valence-electron chi connectivity index (χ2n) is 4.97. The van der Waals surface area contributed by atoms with Crippen LogP contribution >= 0.6 is 11.6 Å². The molecule has 5 heteroatoms. The third-order valence-corrected chi connectivity index (χ3v) is 4.00. The van der Waals surface area contributed by atoms with Gasteiger partial charge in [0.15, 0.2) is 5.76 Å². The van der Waals surface area contributed by atoms with Gasteiger partial charge < -0.3 is 4.42 Å². The first-order valence-corrected chi connectivity index (χ1v) is 7.05. The molecule has 3 heterocycles. The van der Waals surface area contributed by atoms with Crippen molar-refractivity contribution in [3.8, 4) is 0 Å². The monoisotopic (exact) mass is 298 g/mol. The van der Waals surface area contributed by atoms with Gasteiger partial charge in [0.2, 0.25) is 0 Å². The zero-order valence-corrected chi connectivity index (χ0v) is 11.8. The summed E-state index contributed by atoms with van der Waals surface area (Å²) in [5, 5.41) is 1.58. The molecule has 1 amide bonds. The van der Waals surface area contributed by atoms with Crippen LogP contribution in [0.4, 0.5) is 5.82 Å². The molecule has 0 aliphatic carbocycles. The third kappa shape index (κ3) is 1.91. The Bertz CT molecular complexity index is 843. The van der Waals surface area contributed by atoms with Crippen molar-refractivity contribution in [3.63, 3.8) is 0 Å². The van der Waals surface area contributed by atoms with Crippen molar-refractivity contribution >= 4 is 34.2 Å². The van der Waals surface area contributed by atoms with Crippen LogP contribution in [0.25, 0.3) is 10.9 Å². The lowest BCUT2D eigenvalue weighted by atomic mass is 10.1. The number of amides is 1. The number of pyridine rings is 1. The first-order valence-electron chi connectivity index (χ1n) is 6.67. The lowest BCUT2D eigenvalue weighted by Crippen LogP contribution is -2.29. The van der Waals surface area contributed by atoms with Crippen molar-refractivity contribution < 1.29 is 9.21 Å². The summed E-state index contributed by atoms with van der Waals surface area (Å²) in [6.07, 6.45) is 2.28. The van der Waals surface area contributed by atoms with Gasteiger partial charge in [0.1, 0.15) is 5.82 Å². The SMILES string of the molecule is O=C(c1ccco1)N1CCc2cc3cccc(Cl)c3nc21. The number of hydrogen-bond acceptors (Lipinski definition) is 3. The van der Waals surface area contributed by atoms with Gasteiger partial charge in [-0.25, -0.2) is 4.98 Å². The van der Waals surface area contributed by atoms with E-state index in [-0.39, 0.29) is 5.91 Å². The van der Waals surface area contributed by atoms with Crippen LogP contribution in [0.2, 0.25) is 5.02 Å². The molecule has 21 heavy (non-hydrogen) atoms. The Morgan fingerprint density at radius 3 is 3.00 bits per heavy atom. The summed E-state index contributed by atoms with van der Waals surface area (Å²) >= 11 is 6.20. The minimum atomic E-state index is -0.169. The zero-order chi connectivity index (χ0) is 14.4. The van der Waals surface area contributed by atoms with E-state index >= 15 is 0 Å². The molecule has 0 saturated heterocycles. The molecular weight excluding hydrogens is 288 g/mol. The van der Waals surface area contributed by atoms with Crippen LogP contribution in [-0.2, 0) is 6.42 Å². The Balaban J connectivity index is 1.84. The van der Waals surface area contributed by atoms with Gasteiger partial charge in [-0.05, 0) is 36.2 Å². The first kappa shape index (κ1) is 12.4. The molecule has 0 radical (unpaired) electrons. The number of benzene rings is 1. The van der Waals surface area contributed by atoms with E-state index in [0.29, 0.717) is 23.1 Å². The molecule has 0 N–H and O–H groups in total. The van der Waals surface area contributed by atoms with Gasteiger partial charge in [-0.1, -0.05) is 23.7 Å². The van der Waals surface area contributed by atoms with Gasteiger partial charge in [-0.2, -0.15) is 0 Å². The van der Waals surface area contributed by atoms with Gasteiger partial charge in [0.05, 0.1) is 16.8 Å². The molecule has 104 valence electrons. The second kappa shape index (κ2) is 4.60. The van der Waals surface area contributed by atoms with Crippen LogP contribution in [0, 0.1) is 0 Å². The van der Waals surface area contributed by atoms with Crippen LogP contribution in [0.5, 0.6) is 0 Å². The summed E-state index contributed by atoms with van der Waals surface area (Å²) in [4.78, 5) is 18.7. The number of nitrogens with zero attached hydrogens (tertiary/aromatic N) is 2. The molecule has 0 fully saturated rings. The number of carbonyl (C=O) groups excluding carboxylic acids is 1. The topological polar surface area (TPSA) is 46.3 Å². The highest BCUT2D eigenvalue weighted by molar-refractivity contribution is 6.35. The number of fused-ring (bicyclic) bond motifs is 2. The van der Waals surface area contributed by atoms with Gasteiger partial charge >= 0.3 is 0 Å². The molecular formula is C16H11ClN2O2. The number of aromatic nitrogens is 1. The van der Waals surface area contributed by atoms with Crippen LogP contribution in [0.3, 0.4) is 0 Å². The molecule has 1 aromatic carbocycles. The molecule has 4 nitrogen and oxygen atoms in total. The van der Waals surface area contributed by atoms with Gasteiger partial charge in [0, 0.05) is 11.9 Å². The molecule has 0 bridgehead atoms. The Morgan fingerprint density at radius 1 is 1.29 bits per heavy atom. The average Bonchev–Trinajstić information content (AvgIpc) is 3.15. The van der Waals surface area contributed by atoms with Crippen molar-refractivity contribution in [1.82, 2.24) is 4.98 Å². The summed E-state index contributed by atoms with van der Waals surface area (Å²) in [5.74, 6) is 0.832. The lowest BCUT2D eigenvalue weighted by Gasteiger charge is -2.15. The van der Waals surface area contributed by atoms with E-state index in [4.69, 9.17) is 16.0 Å². The van der Waals surface area contributed by atoms with E-state index in [1.807, 2.05) is 12.1 Å². The van der Waals surface area contributed by atoms with Crippen molar-refractivity contribution in [2.24, 2.45) is 0 Å². The fourth-order valence-electron chi connectivity index (χ4n) is 2.68. The number of rotatable bonds is 1. The van der Waals surface area contributed by atoms with E-state index < -0.39 is 0 Å². The Hall–Kier alpha value is -2.33. The summed E-state index contributed by atoms with van der Waals surface area (Å²) < 4.78 is 5.19. The molecule has 0 unspecified atom stereocenters. The molecule has 1 aliphatic rings. The summed E-state index contributed by atoms with van der Waals surface area (Å²) in [5.41, 5.74) is 1.78. The molecule has 0 spiro atoms. The molecule has 4 rings (SSSR count). The standard InChI is InChI=1S/C16H11ClN2O2/c17-12-4-1-3-10-9-11-6-7-19(15(11)18-14(10)12)16(20)13-5-2-8-21-13/h1-5,8-9H,6-7H2. The molecule has 0 saturated carbocycles. The lowest BCUT2D eigenvalue weighted by molar-refractivity contribution is 0.0962. The van der Waals surface area contributed by atoms with E-state index in [9.17, 15) is 4.79 Å². The summed E-state index contributed by atoms with van der Waals surface area (Å²) in [7, 11) is 0. The quantitative estimate of drug-likeness (QED) is 0.688. The van der Waals surface area contributed by atoms with Crippen molar-refractivity contribution in [2.45, 2.75) is 6.42 Å². The molecule has 1 aliphatic heterocycles. The maximum Gasteiger partial charge on any atom is 0.295 e. The predicted molar refractivity (Wildman–Crippen MR) is 80.8 cm³/mol. The highest BCUT2D eigenvalue weighted by atomic mass is 35.5. The van der Waals surface area contributed by atoms with E-state index in [2.05, 4.69) is 11.1 Å². The third-order valence-electron chi connectivity index (χ3n) is 3.69. The number of carbonyl (C=O) groups is 1. The number of para-hydroxylation sites is 1. The highest BCUT2D eigenvalue weighted by Gasteiger charge is 2.29. The maximum atomic E-state index is 12.5.